The van der Waals surface area contributed by atoms with Gasteiger partial charge in [0.1, 0.15) is 5.75 Å². The maximum Gasteiger partial charge on any atom is 0.241 e. The molecule has 5 nitrogen and oxygen atoms in total. The first-order valence-electron chi connectivity index (χ1n) is 12.3. The average Bonchev–Trinajstić information content (AvgIpc) is 2.93. The van der Waals surface area contributed by atoms with Crippen LogP contribution < -0.4 is 15.2 Å². The van der Waals surface area contributed by atoms with Gasteiger partial charge in [-0.25, -0.2) is 13.1 Å². The number of ether oxygens (including phenoxy) is 1. The predicted octanol–water partition coefficient (Wildman–Crippen LogP) is 6.53. The summed E-state index contributed by atoms with van der Waals surface area (Å²) in [6, 6.07) is 32.6. The van der Waals surface area contributed by atoms with E-state index in [2.05, 4.69) is 49.8 Å². The standard InChI is InChI=1S/C21H22N2O3S.C10H14.Ru/c1-26-18-12-14-19(15-13-18)27(24,25)23-21(17-10-6-3-7-11-17)20(22)16-8-4-2-5-9-16;1-8(2)10-6-4-9(3)5-7-10;/h2-15,20-21,23H,22H2,1H3;4-8H,1-3H3;/t20-,21-;;/m0../s1. The molecule has 2 atom stereocenters. The van der Waals surface area contributed by atoms with Gasteiger partial charge in [0, 0.05) is 19.5 Å². The number of sulfonamides is 1. The Morgan fingerprint density at radius 2 is 1.21 bits per heavy atom. The van der Waals surface area contributed by atoms with E-state index in [1.165, 1.54) is 30.4 Å². The number of hydrogen-bond acceptors (Lipinski definition) is 4. The predicted molar refractivity (Wildman–Crippen MR) is 151 cm³/mol. The van der Waals surface area contributed by atoms with Crippen molar-refractivity contribution in [3.8, 4) is 5.75 Å². The van der Waals surface area contributed by atoms with Crippen molar-refractivity contribution in [2.45, 2.75) is 43.7 Å². The van der Waals surface area contributed by atoms with Crippen LogP contribution in [0.4, 0.5) is 0 Å². The Morgan fingerprint density at radius 3 is 1.68 bits per heavy atom. The smallest absolute Gasteiger partial charge is 0.241 e. The normalized spacial score (nSPS) is 12.5. The molecule has 0 aliphatic rings. The SMILES string of the molecule is COc1ccc(S(=O)(=O)N[C@@H](c2ccccc2)[C@@H](N)c2ccccc2)cc1.Cc1ccc(C(C)C)cc1.[Ru]. The van der Waals surface area contributed by atoms with Crippen molar-refractivity contribution in [3.63, 3.8) is 0 Å². The van der Waals surface area contributed by atoms with Crippen LogP contribution in [0.15, 0.2) is 114 Å². The van der Waals surface area contributed by atoms with E-state index in [1.807, 2.05) is 60.7 Å². The molecule has 0 unspecified atom stereocenters. The third kappa shape index (κ3) is 8.88. The molecular weight excluding hydrogens is 581 g/mol. The van der Waals surface area contributed by atoms with Gasteiger partial charge >= 0.3 is 0 Å². The molecule has 0 radical (unpaired) electrons. The molecule has 0 aliphatic heterocycles. The molecule has 0 saturated carbocycles. The van der Waals surface area contributed by atoms with Crippen molar-refractivity contribution in [2.75, 3.05) is 7.11 Å². The summed E-state index contributed by atoms with van der Waals surface area (Å²) in [6.07, 6.45) is 0. The summed E-state index contributed by atoms with van der Waals surface area (Å²) in [4.78, 5) is 0.157. The van der Waals surface area contributed by atoms with E-state index in [4.69, 9.17) is 10.5 Å². The van der Waals surface area contributed by atoms with Crippen LogP contribution in [-0.4, -0.2) is 15.5 Å². The molecule has 0 spiro atoms. The zero-order valence-corrected chi connectivity index (χ0v) is 24.7. The quantitative estimate of drug-likeness (QED) is 0.220. The van der Waals surface area contributed by atoms with Gasteiger partial charge in [-0.05, 0) is 53.8 Å². The Morgan fingerprint density at radius 1 is 0.711 bits per heavy atom. The van der Waals surface area contributed by atoms with E-state index in [0.717, 1.165) is 11.1 Å². The van der Waals surface area contributed by atoms with Crippen LogP contribution in [0.2, 0.25) is 0 Å². The Hall–Kier alpha value is -2.83. The maximum absolute atomic E-state index is 12.9. The number of nitrogens with one attached hydrogen (secondary N) is 1. The molecular formula is C31H36N2O3RuS. The number of aryl methyl sites for hydroxylation is 1. The van der Waals surface area contributed by atoms with Crippen molar-refractivity contribution in [1.29, 1.82) is 0 Å². The largest absolute Gasteiger partial charge is 0.497 e. The van der Waals surface area contributed by atoms with Gasteiger partial charge in [-0.2, -0.15) is 0 Å². The summed E-state index contributed by atoms with van der Waals surface area (Å²) in [5.74, 6) is 1.25. The first kappa shape index (κ1) is 31.4. The van der Waals surface area contributed by atoms with E-state index in [-0.39, 0.29) is 24.4 Å². The number of nitrogens with two attached hydrogens (primary N) is 1. The van der Waals surface area contributed by atoms with E-state index in [1.54, 1.807) is 12.1 Å². The molecule has 4 aromatic rings. The minimum atomic E-state index is -3.77. The van der Waals surface area contributed by atoms with Crippen molar-refractivity contribution in [1.82, 2.24) is 4.72 Å². The van der Waals surface area contributed by atoms with E-state index >= 15 is 0 Å². The van der Waals surface area contributed by atoms with Crippen LogP contribution in [-0.2, 0) is 29.5 Å². The number of methoxy groups -OCH3 is 1. The van der Waals surface area contributed by atoms with E-state index < -0.39 is 22.1 Å². The molecule has 0 fully saturated rings. The third-order valence-corrected chi connectivity index (χ3v) is 7.56. The summed E-state index contributed by atoms with van der Waals surface area (Å²) in [7, 11) is -2.24. The maximum atomic E-state index is 12.9. The molecule has 3 N–H and O–H groups in total. The second kappa shape index (κ2) is 14.9. The Kier molecular flexibility index (Phi) is 12.3. The van der Waals surface area contributed by atoms with Crippen LogP contribution >= 0.6 is 0 Å². The molecule has 0 saturated heterocycles. The van der Waals surface area contributed by atoms with E-state index in [0.29, 0.717) is 11.7 Å². The first-order valence-corrected chi connectivity index (χ1v) is 13.8. The summed E-state index contributed by atoms with van der Waals surface area (Å²) < 4.78 is 33.7. The minimum absolute atomic E-state index is 0. The Balaban J connectivity index is 0.000000389. The van der Waals surface area contributed by atoms with Gasteiger partial charge in [-0.3, -0.25) is 0 Å². The van der Waals surface area contributed by atoms with Crippen molar-refractivity contribution in [2.24, 2.45) is 5.73 Å². The summed E-state index contributed by atoms with van der Waals surface area (Å²) >= 11 is 0. The van der Waals surface area contributed by atoms with Gasteiger partial charge in [0.15, 0.2) is 0 Å². The molecule has 4 aromatic carbocycles. The second-order valence-electron chi connectivity index (χ2n) is 9.19. The minimum Gasteiger partial charge on any atom is -0.497 e. The molecule has 0 aliphatic carbocycles. The van der Waals surface area contributed by atoms with Crippen LogP contribution in [0.5, 0.6) is 5.75 Å². The molecule has 0 aromatic heterocycles. The molecule has 7 heteroatoms. The monoisotopic (exact) mass is 618 g/mol. The van der Waals surface area contributed by atoms with Gasteiger partial charge in [-0.15, -0.1) is 0 Å². The van der Waals surface area contributed by atoms with E-state index in [9.17, 15) is 8.42 Å². The number of hydrogen-bond donors (Lipinski definition) is 2. The molecule has 0 bridgehead atoms. The van der Waals surface area contributed by atoms with Crippen molar-refractivity contribution >= 4 is 10.0 Å². The topological polar surface area (TPSA) is 81.4 Å². The Bertz CT molecular complexity index is 1330. The molecule has 38 heavy (non-hydrogen) atoms. The molecule has 0 amide bonds. The van der Waals surface area contributed by atoms with Crippen LogP contribution in [0.25, 0.3) is 0 Å². The van der Waals surface area contributed by atoms with Crippen LogP contribution in [0, 0.1) is 6.92 Å². The summed E-state index contributed by atoms with van der Waals surface area (Å²) in [6.45, 7) is 6.54. The fourth-order valence-electron chi connectivity index (χ4n) is 3.82. The molecule has 4 rings (SSSR count). The van der Waals surface area contributed by atoms with Gasteiger partial charge in [0.25, 0.3) is 0 Å². The molecule has 0 heterocycles. The first-order chi connectivity index (χ1) is 17.7. The fourth-order valence-corrected chi connectivity index (χ4v) is 5.07. The third-order valence-electron chi connectivity index (χ3n) is 6.10. The second-order valence-corrected chi connectivity index (χ2v) is 10.9. The Labute approximate surface area is 240 Å². The van der Waals surface area contributed by atoms with Gasteiger partial charge < -0.3 is 10.5 Å². The van der Waals surface area contributed by atoms with Crippen molar-refractivity contribution in [3.05, 3.63) is 131 Å². The zero-order valence-electron chi connectivity index (χ0n) is 22.2. The van der Waals surface area contributed by atoms with Gasteiger partial charge in [0.2, 0.25) is 10.0 Å². The molecule has 202 valence electrons. The van der Waals surface area contributed by atoms with Crippen LogP contribution in [0.1, 0.15) is 54.1 Å². The zero-order chi connectivity index (χ0) is 26.8. The number of benzene rings is 4. The van der Waals surface area contributed by atoms with Gasteiger partial charge in [0.05, 0.1) is 24.1 Å². The van der Waals surface area contributed by atoms with Crippen LogP contribution in [0.3, 0.4) is 0 Å². The van der Waals surface area contributed by atoms with Gasteiger partial charge in [-0.1, -0.05) is 104 Å². The summed E-state index contributed by atoms with van der Waals surface area (Å²) in [5, 5.41) is 0. The fraction of sp³-hybridized carbons (Fsp3) is 0.226. The van der Waals surface area contributed by atoms with Crippen molar-refractivity contribution < 1.29 is 32.6 Å². The average molecular weight is 618 g/mol. The summed E-state index contributed by atoms with van der Waals surface area (Å²) in [5.41, 5.74) is 10.9. The number of rotatable bonds is 8.